The summed E-state index contributed by atoms with van der Waals surface area (Å²) < 4.78 is 0. The van der Waals surface area contributed by atoms with Crippen LogP contribution in [-0.2, 0) is 4.79 Å². The fourth-order valence-corrected chi connectivity index (χ4v) is 2.93. The fourth-order valence-electron chi connectivity index (χ4n) is 2.05. The summed E-state index contributed by atoms with van der Waals surface area (Å²) >= 11 is 7.33. The largest absolute Gasteiger partial charge is 0.354 e. The van der Waals surface area contributed by atoms with E-state index in [4.69, 9.17) is 11.6 Å². The van der Waals surface area contributed by atoms with Gasteiger partial charge in [-0.05, 0) is 38.5 Å². The predicted octanol–water partition coefficient (Wildman–Crippen LogP) is 3.49. The van der Waals surface area contributed by atoms with Gasteiger partial charge in [-0.15, -0.1) is 11.3 Å². The summed E-state index contributed by atoms with van der Waals surface area (Å²) in [5.74, 6) is -0.392. The van der Waals surface area contributed by atoms with Gasteiger partial charge in [-0.2, -0.15) is 0 Å². The Morgan fingerprint density at radius 2 is 2.08 bits per heavy atom. The lowest BCUT2D eigenvalue weighted by atomic mass is 10.2. The van der Waals surface area contributed by atoms with Gasteiger partial charge in [0.1, 0.15) is 5.69 Å². The third-order valence-electron chi connectivity index (χ3n) is 3.27. The van der Waals surface area contributed by atoms with E-state index in [-0.39, 0.29) is 30.8 Å². The van der Waals surface area contributed by atoms with E-state index in [1.54, 1.807) is 5.38 Å². The van der Waals surface area contributed by atoms with E-state index < -0.39 is 0 Å². The lowest BCUT2D eigenvalue weighted by molar-refractivity contribution is -0.121. The van der Waals surface area contributed by atoms with Gasteiger partial charge in [-0.3, -0.25) is 9.59 Å². The third kappa shape index (κ3) is 6.03. The van der Waals surface area contributed by atoms with E-state index >= 15 is 0 Å². The molecule has 134 valence electrons. The number of benzene rings is 1. The molecule has 0 spiro atoms. The molecule has 0 saturated carbocycles. The number of hydrogen-bond acceptors (Lipinski definition) is 5. The SMILES string of the molecule is Cc1ccc(Cl)cc1Nc1nc(C(=O)NCCC(=O)NC(C)C)cs1. The first-order chi connectivity index (χ1) is 11.8. The molecule has 2 amide bonds. The minimum absolute atomic E-state index is 0.0883. The number of hydrogen-bond donors (Lipinski definition) is 3. The second-order valence-electron chi connectivity index (χ2n) is 5.85. The van der Waals surface area contributed by atoms with Gasteiger partial charge in [0.15, 0.2) is 5.13 Å². The molecule has 1 heterocycles. The molecule has 6 nitrogen and oxygen atoms in total. The van der Waals surface area contributed by atoms with Crippen LogP contribution in [0, 0.1) is 6.92 Å². The number of nitrogens with zero attached hydrogens (tertiary/aromatic N) is 1. The molecule has 2 aromatic rings. The molecule has 3 N–H and O–H groups in total. The second-order valence-corrected chi connectivity index (χ2v) is 7.14. The Balaban J connectivity index is 1.89. The molecule has 8 heteroatoms. The standard InChI is InChI=1S/C17H21ClN4O2S/c1-10(2)20-15(23)6-7-19-16(24)14-9-25-17(22-14)21-13-8-12(18)5-4-11(13)3/h4-5,8-10H,6-7H2,1-3H3,(H,19,24)(H,20,23)(H,21,22). The van der Waals surface area contributed by atoms with Crippen molar-refractivity contribution in [3.05, 3.63) is 39.9 Å². The summed E-state index contributed by atoms with van der Waals surface area (Å²) in [6.45, 7) is 6.01. The first-order valence-electron chi connectivity index (χ1n) is 7.91. The maximum atomic E-state index is 12.1. The highest BCUT2D eigenvalue weighted by molar-refractivity contribution is 7.14. The maximum Gasteiger partial charge on any atom is 0.270 e. The molecule has 1 aromatic heterocycles. The van der Waals surface area contributed by atoms with Gasteiger partial charge in [0.05, 0.1) is 0 Å². The van der Waals surface area contributed by atoms with Gasteiger partial charge in [-0.1, -0.05) is 17.7 Å². The quantitative estimate of drug-likeness (QED) is 0.686. The molecule has 0 bridgehead atoms. The Kier molecular flexibility index (Phi) is 6.78. The highest BCUT2D eigenvalue weighted by Crippen LogP contribution is 2.26. The molecule has 25 heavy (non-hydrogen) atoms. The van der Waals surface area contributed by atoms with Crippen LogP contribution in [0.1, 0.15) is 36.3 Å². The minimum atomic E-state index is -0.301. The second kappa shape index (κ2) is 8.82. The van der Waals surface area contributed by atoms with Crippen LogP contribution in [-0.4, -0.2) is 29.4 Å². The Bertz CT molecular complexity index is 761. The van der Waals surface area contributed by atoms with Crippen LogP contribution in [0.25, 0.3) is 0 Å². The molecule has 0 aliphatic carbocycles. The van der Waals surface area contributed by atoms with E-state index in [1.807, 2.05) is 39.0 Å². The van der Waals surface area contributed by atoms with E-state index in [9.17, 15) is 9.59 Å². The van der Waals surface area contributed by atoms with Crippen LogP contribution in [0.2, 0.25) is 5.02 Å². The van der Waals surface area contributed by atoms with Crippen LogP contribution < -0.4 is 16.0 Å². The number of aryl methyl sites for hydroxylation is 1. The Hall–Kier alpha value is -2.12. The minimum Gasteiger partial charge on any atom is -0.354 e. The van der Waals surface area contributed by atoms with Crippen molar-refractivity contribution in [1.29, 1.82) is 0 Å². The molecule has 0 atom stereocenters. The first kappa shape index (κ1) is 19.2. The monoisotopic (exact) mass is 380 g/mol. The number of thiazole rings is 1. The van der Waals surface area contributed by atoms with Gasteiger partial charge in [0.25, 0.3) is 5.91 Å². The highest BCUT2D eigenvalue weighted by Gasteiger charge is 2.12. The van der Waals surface area contributed by atoms with Gasteiger partial charge >= 0.3 is 0 Å². The Morgan fingerprint density at radius 1 is 1.32 bits per heavy atom. The van der Waals surface area contributed by atoms with Crippen LogP contribution in [0.5, 0.6) is 0 Å². The molecular weight excluding hydrogens is 360 g/mol. The smallest absolute Gasteiger partial charge is 0.270 e. The molecule has 0 aliphatic heterocycles. The van der Waals surface area contributed by atoms with Crippen molar-refractivity contribution < 1.29 is 9.59 Å². The van der Waals surface area contributed by atoms with Crippen molar-refractivity contribution in [1.82, 2.24) is 15.6 Å². The van der Waals surface area contributed by atoms with Crippen molar-refractivity contribution in [2.24, 2.45) is 0 Å². The third-order valence-corrected chi connectivity index (χ3v) is 4.26. The molecular formula is C17H21ClN4O2S. The average molecular weight is 381 g/mol. The highest BCUT2D eigenvalue weighted by atomic mass is 35.5. The topological polar surface area (TPSA) is 83.1 Å². The molecule has 0 aliphatic rings. The summed E-state index contributed by atoms with van der Waals surface area (Å²) in [5, 5.41) is 11.5. The first-order valence-corrected chi connectivity index (χ1v) is 9.17. The lowest BCUT2D eigenvalue weighted by Crippen LogP contribution is -2.34. The van der Waals surface area contributed by atoms with Gasteiger partial charge in [0.2, 0.25) is 5.91 Å². The van der Waals surface area contributed by atoms with Crippen LogP contribution >= 0.6 is 22.9 Å². The number of anilines is 2. The number of aromatic nitrogens is 1. The molecule has 1 aromatic carbocycles. The molecule has 0 unspecified atom stereocenters. The number of halogens is 1. The van der Waals surface area contributed by atoms with Crippen molar-refractivity contribution >= 4 is 45.6 Å². The van der Waals surface area contributed by atoms with E-state index in [0.29, 0.717) is 15.8 Å². The molecule has 0 radical (unpaired) electrons. The van der Waals surface area contributed by atoms with E-state index in [0.717, 1.165) is 11.3 Å². The normalized spacial score (nSPS) is 10.6. The van der Waals surface area contributed by atoms with Crippen molar-refractivity contribution in [2.45, 2.75) is 33.2 Å². The van der Waals surface area contributed by atoms with Crippen molar-refractivity contribution in [3.8, 4) is 0 Å². The average Bonchev–Trinajstić information content (AvgIpc) is 2.99. The van der Waals surface area contributed by atoms with Crippen molar-refractivity contribution in [2.75, 3.05) is 11.9 Å². The maximum absolute atomic E-state index is 12.1. The summed E-state index contributed by atoms with van der Waals surface area (Å²) in [6.07, 6.45) is 0.237. The van der Waals surface area contributed by atoms with E-state index in [2.05, 4.69) is 20.9 Å². The van der Waals surface area contributed by atoms with Crippen LogP contribution in [0.4, 0.5) is 10.8 Å². The molecule has 0 fully saturated rings. The summed E-state index contributed by atoms with van der Waals surface area (Å²) in [7, 11) is 0. The van der Waals surface area contributed by atoms with Crippen LogP contribution in [0.3, 0.4) is 0 Å². The van der Waals surface area contributed by atoms with Gasteiger partial charge < -0.3 is 16.0 Å². The van der Waals surface area contributed by atoms with Gasteiger partial charge in [-0.25, -0.2) is 4.98 Å². The summed E-state index contributed by atoms with van der Waals surface area (Å²) in [5.41, 5.74) is 2.19. The van der Waals surface area contributed by atoms with Crippen molar-refractivity contribution in [3.63, 3.8) is 0 Å². The Morgan fingerprint density at radius 3 is 2.80 bits per heavy atom. The number of carbonyl (C=O) groups excluding carboxylic acids is 2. The Labute approximate surface area is 156 Å². The van der Waals surface area contributed by atoms with Gasteiger partial charge in [0, 0.05) is 35.1 Å². The molecule has 0 saturated heterocycles. The summed E-state index contributed by atoms with van der Waals surface area (Å²) in [4.78, 5) is 27.9. The lowest BCUT2D eigenvalue weighted by Gasteiger charge is -2.08. The molecule has 2 rings (SSSR count). The van der Waals surface area contributed by atoms with Crippen LogP contribution in [0.15, 0.2) is 23.6 Å². The zero-order chi connectivity index (χ0) is 18.4. The number of carbonyl (C=O) groups is 2. The number of amides is 2. The van der Waals surface area contributed by atoms with E-state index in [1.165, 1.54) is 11.3 Å². The predicted molar refractivity (Wildman–Crippen MR) is 102 cm³/mol. The summed E-state index contributed by atoms with van der Waals surface area (Å²) in [6, 6.07) is 5.63. The fraction of sp³-hybridized carbons (Fsp3) is 0.353. The zero-order valence-corrected chi connectivity index (χ0v) is 15.9. The number of rotatable bonds is 7. The number of nitrogens with one attached hydrogen (secondary N) is 3. The zero-order valence-electron chi connectivity index (χ0n) is 14.4.